The van der Waals surface area contributed by atoms with Crippen LogP contribution in [0.1, 0.15) is 23.6 Å². The first-order valence-electron chi connectivity index (χ1n) is 8.30. The number of carbonyl (C=O) groups excluding carboxylic acids is 2. The molecule has 5 nitrogen and oxygen atoms in total. The van der Waals surface area contributed by atoms with E-state index < -0.39 is 6.10 Å². The lowest BCUT2D eigenvalue weighted by atomic mass is 10.1. The maximum absolute atomic E-state index is 12.4. The fourth-order valence-corrected chi connectivity index (χ4v) is 3.05. The molecule has 1 heterocycles. The van der Waals surface area contributed by atoms with Gasteiger partial charge in [-0.25, -0.2) is 0 Å². The standard InChI is InChI=1S/C20H22N2O3/c1-12-6-5-7-13(2)19(12)21-18(23)11-15-8-9-17-16(10-15)22(4)20(24)14(3)25-17/h5-10,14H,11H2,1-4H3,(H,21,23). The maximum Gasteiger partial charge on any atom is 0.267 e. The van der Waals surface area contributed by atoms with Crippen molar-refractivity contribution in [3.8, 4) is 5.75 Å². The van der Waals surface area contributed by atoms with Crippen LogP contribution in [0.15, 0.2) is 36.4 Å². The number of likely N-dealkylation sites (N-methyl/N-ethyl adjacent to an activating group) is 1. The number of hydrogen-bond donors (Lipinski definition) is 1. The molecular weight excluding hydrogens is 316 g/mol. The molecule has 0 fully saturated rings. The van der Waals surface area contributed by atoms with Gasteiger partial charge in [-0.1, -0.05) is 24.3 Å². The Kier molecular flexibility index (Phi) is 4.49. The molecule has 130 valence electrons. The van der Waals surface area contributed by atoms with Gasteiger partial charge in [-0.2, -0.15) is 0 Å². The highest BCUT2D eigenvalue weighted by molar-refractivity contribution is 6.00. The third-order valence-electron chi connectivity index (χ3n) is 4.48. The zero-order chi connectivity index (χ0) is 18.1. The third kappa shape index (κ3) is 3.36. The minimum atomic E-state index is -0.490. The number of benzene rings is 2. The first-order chi connectivity index (χ1) is 11.9. The fourth-order valence-electron chi connectivity index (χ4n) is 3.05. The van der Waals surface area contributed by atoms with Crippen molar-refractivity contribution in [2.75, 3.05) is 17.3 Å². The van der Waals surface area contributed by atoms with E-state index in [1.165, 1.54) is 0 Å². The molecule has 2 aromatic rings. The Hall–Kier alpha value is -2.82. The molecule has 3 rings (SSSR count). The van der Waals surface area contributed by atoms with Gasteiger partial charge in [0.2, 0.25) is 5.91 Å². The SMILES string of the molecule is Cc1cccc(C)c1NC(=O)Cc1ccc2c(c1)N(C)C(=O)C(C)O2. The molecule has 0 bridgehead atoms. The number of hydrogen-bond acceptors (Lipinski definition) is 3. The van der Waals surface area contributed by atoms with Crippen LogP contribution in [0.3, 0.4) is 0 Å². The maximum atomic E-state index is 12.4. The number of nitrogens with one attached hydrogen (secondary N) is 1. The number of aryl methyl sites for hydroxylation is 2. The molecular formula is C20H22N2O3. The first kappa shape index (κ1) is 17.0. The summed E-state index contributed by atoms with van der Waals surface area (Å²) in [4.78, 5) is 26.1. The highest BCUT2D eigenvalue weighted by Crippen LogP contribution is 2.34. The molecule has 5 heteroatoms. The van der Waals surface area contributed by atoms with Gasteiger partial charge in [0.05, 0.1) is 12.1 Å². The lowest BCUT2D eigenvalue weighted by Gasteiger charge is -2.30. The molecule has 1 unspecified atom stereocenters. The Morgan fingerprint density at radius 1 is 1.20 bits per heavy atom. The van der Waals surface area contributed by atoms with Crippen molar-refractivity contribution in [2.24, 2.45) is 0 Å². The van der Waals surface area contributed by atoms with Gasteiger partial charge in [-0.3, -0.25) is 9.59 Å². The number of anilines is 2. The van der Waals surface area contributed by atoms with Crippen molar-refractivity contribution in [1.82, 2.24) is 0 Å². The van der Waals surface area contributed by atoms with Crippen molar-refractivity contribution < 1.29 is 14.3 Å². The average Bonchev–Trinajstić information content (AvgIpc) is 2.57. The van der Waals surface area contributed by atoms with Crippen LogP contribution in [0.2, 0.25) is 0 Å². The highest BCUT2D eigenvalue weighted by atomic mass is 16.5. The van der Waals surface area contributed by atoms with Crippen LogP contribution in [-0.4, -0.2) is 25.0 Å². The molecule has 0 aromatic heterocycles. The minimum absolute atomic E-state index is 0.0866. The molecule has 1 aliphatic heterocycles. The van der Waals surface area contributed by atoms with Gasteiger partial charge in [0, 0.05) is 12.7 Å². The monoisotopic (exact) mass is 338 g/mol. The van der Waals surface area contributed by atoms with E-state index in [2.05, 4.69) is 5.32 Å². The van der Waals surface area contributed by atoms with Crippen molar-refractivity contribution >= 4 is 23.2 Å². The Balaban J connectivity index is 1.78. The van der Waals surface area contributed by atoms with Crippen LogP contribution in [0, 0.1) is 13.8 Å². The molecule has 0 spiro atoms. The number of nitrogens with zero attached hydrogens (tertiary/aromatic N) is 1. The van der Waals surface area contributed by atoms with E-state index in [-0.39, 0.29) is 18.2 Å². The van der Waals surface area contributed by atoms with E-state index in [0.717, 1.165) is 22.4 Å². The van der Waals surface area contributed by atoms with E-state index in [0.29, 0.717) is 11.4 Å². The molecule has 1 N–H and O–H groups in total. The minimum Gasteiger partial charge on any atom is -0.479 e. The summed E-state index contributed by atoms with van der Waals surface area (Å²) in [5.41, 5.74) is 4.45. The first-order valence-corrected chi connectivity index (χ1v) is 8.30. The average molecular weight is 338 g/mol. The molecule has 0 saturated carbocycles. The fraction of sp³-hybridized carbons (Fsp3) is 0.300. The van der Waals surface area contributed by atoms with E-state index in [1.807, 2.05) is 50.2 Å². The van der Waals surface area contributed by atoms with E-state index in [1.54, 1.807) is 18.9 Å². The summed E-state index contributed by atoms with van der Waals surface area (Å²) in [5, 5.41) is 2.98. The highest BCUT2D eigenvalue weighted by Gasteiger charge is 2.29. The van der Waals surface area contributed by atoms with Gasteiger partial charge in [0.25, 0.3) is 5.91 Å². The van der Waals surface area contributed by atoms with Crippen molar-refractivity contribution in [3.05, 3.63) is 53.1 Å². The summed E-state index contributed by atoms with van der Waals surface area (Å²) in [6.45, 7) is 5.68. The number of amides is 2. The molecule has 2 amide bonds. The van der Waals surface area contributed by atoms with Crippen molar-refractivity contribution in [1.29, 1.82) is 0 Å². The zero-order valence-corrected chi connectivity index (χ0v) is 14.9. The van der Waals surface area contributed by atoms with Gasteiger partial charge >= 0.3 is 0 Å². The summed E-state index contributed by atoms with van der Waals surface area (Å²) >= 11 is 0. The van der Waals surface area contributed by atoms with Crippen LogP contribution in [0.4, 0.5) is 11.4 Å². The van der Waals surface area contributed by atoms with Crippen LogP contribution < -0.4 is 15.0 Å². The summed E-state index contributed by atoms with van der Waals surface area (Å²) in [6, 6.07) is 11.4. The normalized spacial score (nSPS) is 16.2. The van der Waals surface area contributed by atoms with Gasteiger partial charge in [0.15, 0.2) is 6.10 Å². The van der Waals surface area contributed by atoms with Gasteiger partial charge < -0.3 is 15.0 Å². The predicted molar refractivity (Wildman–Crippen MR) is 98.2 cm³/mol. The van der Waals surface area contributed by atoms with Crippen LogP contribution in [0.5, 0.6) is 5.75 Å². The quantitative estimate of drug-likeness (QED) is 0.935. The summed E-state index contributed by atoms with van der Waals surface area (Å²) in [5.74, 6) is 0.481. The Morgan fingerprint density at radius 3 is 2.56 bits per heavy atom. The Morgan fingerprint density at radius 2 is 1.88 bits per heavy atom. The smallest absolute Gasteiger partial charge is 0.267 e. The van der Waals surface area contributed by atoms with Gasteiger partial charge in [-0.05, 0) is 49.6 Å². The van der Waals surface area contributed by atoms with Crippen LogP contribution >= 0.6 is 0 Å². The summed E-state index contributed by atoms with van der Waals surface area (Å²) < 4.78 is 5.61. The molecule has 0 saturated heterocycles. The number of rotatable bonds is 3. The Labute approximate surface area is 147 Å². The summed E-state index contributed by atoms with van der Waals surface area (Å²) in [6.07, 6.45) is -0.255. The summed E-state index contributed by atoms with van der Waals surface area (Å²) in [7, 11) is 1.72. The largest absolute Gasteiger partial charge is 0.479 e. The van der Waals surface area contributed by atoms with Crippen molar-refractivity contribution in [3.63, 3.8) is 0 Å². The number of carbonyl (C=O) groups is 2. The van der Waals surface area contributed by atoms with Crippen LogP contribution in [0.25, 0.3) is 0 Å². The van der Waals surface area contributed by atoms with Crippen molar-refractivity contribution in [2.45, 2.75) is 33.3 Å². The second-order valence-electron chi connectivity index (χ2n) is 6.45. The molecule has 1 atom stereocenters. The molecule has 25 heavy (non-hydrogen) atoms. The number of ether oxygens (including phenoxy) is 1. The van der Waals surface area contributed by atoms with E-state index in [4.69, 9.17) is 4.74 Å². The lowest BCUT2D eigenvalue weighted by molar-refractivity contribution is -0.125. The topological polar surface area (TPSA) is 58.6 Å². The predicted octanol–water partition coefficient (Wildman–Crippen LogP) is 3.23. The second-order valence-corrected chi connectivity index (χ2v) is 6.45. The second kappa shape index (κ2) is 6.59. The Bertz CT molecular complexity index is 825. The zero-order valence-electron chi connectivity index (χ0n) is 14.9. The van der Waals surface area contributed by atoms with E-state index in [9.17, 15) is 9.59 Å². The van der Waals surface area contributed by atoms with Gasteiger partial charge in [0.1, 0.15) is 5.75 Å². The number of fused-ring (bicyclic) bond motifs is 1. The third-order valence-corrected chi connectivity index (χ3v) is 4.48. The molecule has 0 radical (unpaired) electrons. The van der Waals surface area contributed by atoms with Crippen LogP contribution in [-0.2, 0) is 16.0 Å². The molecule has 1 aliphatic rings. The number of para-hydroxylation sites is 1. The molecule has 0 aliphatic carbocycles. The van der Waals surface area contributed by atoms with Gasteiger partial charge in [-0.15, -0.1) is 0 Å². The molecule has 2 aromatic carbocycles. The lowest BCUT2D eigenvalue weighted by Crippen LogP contribution is -2.42. The van der Waals surface area contributed by atoms with E-state index >= 15 is 0 Å².